The van der Waals surface area contributed by atoms with Crippen molar-refractivity contribution in [2.24, 2.45) is 0 Å². The summed E-state index contributed by atoms with van der Waals surface area (Å²) >= 11 is 0. The van der Waals surface area contributed by atoms with Crippen molar-refractivity contribution in [3.63, 3.8) is 0 Å². The van der Waals surface area contributed by atoms with E-state index >= 15 is 0 Å². The Morgan fingerprint density at radius 1 is 0.737 bits per heavy atom. The minimum Gasteiger partial charge on any atom is -0.335 e. The molecule has 1 aliphatic carbocycles. The van der Waals surface area contributed by atoms with Gasteiger partial charge in [0, 0.05) is 37.9 Å². The molecule has 5 rings (SSSR count). The van der Waals surface area contributed by atoms with E-state index in [4.69, 9.17) is 0 Å². The molecule has 2 amide bonds. The number of nitrogens with zero attached hydrogens (tertiary/aromatic N) is 2. The van der Waals surface area contributed by atoms with Crippen LogP contribution in [0.15, 0.2) is 89.8 Å². The summed E-state index contributed by atoms with van der Waals surface area (Å²) < 4.78 is 28.4. The van der Waals surface area contributed by atoms with E-state index < -0.39 is 10.0 Å². The molecule has 7 nitrogen and oxygen atoms in total. The fourth-order valence-corrected chi connectivity index (χ4v) is 6.97. The number of hydrogen-bond acceptors (Lipinski definition) is 4. The average molecular weight is 533 g/mol. The topological polar surface area (TPSA) is 81.8 Å². The molecule has 1 aliphatic heterocycles. The van der Waals surface area contributed by atoms with Crippen molar-refractivity contribution in [3.8, 4) is 0 Å². The van der Waals surface area contributed by atoms with Gasteiger partial charge in [0.15, 0.2) is 0 Å². The first-order valence-corrected chi connectivity index (χ1v) is 15.0. The normalized spacial score (nSPS) is 17.8. The van der Waals surface area contributed by atoms with Gasteiger partial charge in [-0.2, -0.15) is 4.31 Å². The predicted octanol–water partition coefficient (Wildman–Crippen LogP) is 5.24. The minimum atomic E-state index is -3.63. The van der Waals surface area contributed by atoms with E-state index in [0.29, 0.717) is 31.9 Å². The second-order valence-electron chi connectivity index (χ2n) is 10.1. The van der Waals surface area contributed by atoms with Gasteiger partial charge >= 0.3 is 6.03 Å². The Morgan fingerprint density at radius 2 is 1.29 bits per heavy atom. The summed E-state index contributed by atoms with van der Waals surface area (Å²) in [5.41, 5.74) is 2.98. The minimum absolute atomic E-state index is 0.0763. The van der Waals surface area contributed by atoms with Gasteiger partial charge in [0.05, 0.1) is 10.9 Å². The number of urea groups is 1. The second-order valence-corrected chi connectivity index (χ2v) is 12.1. The van der Waals surface area contributed by atoms with Gasteiger partial charge in [-0.15, -0.1) is 0 Å². The third-order valence-corrected chi connectivity index (χ3v) is 9.47. The third-order valence-electron chi connectivity index (χ3n) is 7.56. The number of amides is 2. The monoisotopic (exact) mass is 532 g/mol. The van der Waals surface area contributed by atoms with Crippen LogP contribution >= 0.6 is 0 Å². The van der Waals surface area contributed by atoms with E-state index in [0.717, 1.165) is 25.7 Å². The number of nitrogens with one attached hydrogen (secondary N) is 2. The van der Waals surface area contributed by atoms with Crippen LogP contribution in [0.3, 0.4) is 0 Å². The molecule has 2 fully saturated rings. The summed E-state index contributed by atoms with van der Waals surface area (Å²) in [5.74, 6) is 0. The van der Waals surface area contributed by atoms with Gasteiger partial charge in [0.25, 0.3) is 0 Å². The average Bonchev–Trinajstić information content (AvgIpc) is 2.95. The molecule has 3 aromatic carbocycles. The highest BCUT2D eigenvalue weighted by Gasteiger charge is 2.32. The van der Waals surface area contributed by atoms with Crippen LogP contribution < -0.4 is 10.6 Å². The zero-order valence-electron chi connectivity index (χ0n) is 21.6. The molecule has 0 atom stereocenters. The first-order chi connectivity index (χ1) is 18.5. The fourth-order valence-electron chi connectivity index (χ4n) is 5.55. The molecular weight excluding hydrogens is 496 g/mol. The van der Waals surface area contributed by atoms with E-state index in [9.17, 15) is 13.2 Å². The van der Waals surface area contributed by atoms with Crippen LogP contribution in [-0.4, -0.2) is 55.9 Å². The zero-order chi connectivity index (χ0) is 26.4. The van der Waals surface area contributed by atoms with Crippen molar-refractivity contribution in [2.45, 2.75) is 49.1 Å². The Labute approximate surface area is 225 Å². The first-order valence-electron chi connectivity index (χ1n) is 13.5. The Bertz CT molecular complexity index is 1250. The van der Waals surface area contributed by atoms with Gasteiger partial charge in [0.2, 0.25) is 10.0 Å². The Morgan fingerprint density at radius 3 is 1.84 bits per heavy atom. The number of rotatable bonds is 7. The largest absolute Gasteiger partial charge is 0.335 e. The second kappa shape index (κ2) is 12.1. The maximum absolute atomic E-state index is 13.4. The summed E-state index contributed by atoms with van der Waals surface area (Å²) in [7, 11) is -3.63. The van der Waals surface area contributed by atoms with Gasteiger partial charge in [0.1, 0.15) is 0 Å². The summed E-state index contributed by atoms with van der Waals surface area (Å²) in [5, 5.41) is 5.85. The number of hydrogen-bond donors (Lipinski definition) is 2. The molecule has 0 bridgehead atoms. The summed E-state index contributed by atoms with van der Waals surface area (Å²) in [6.45, 7) is 2.11. The lowest BCUT2D eigenvalue weighted by Crippen LogP contribution is -2.49. The van der Waals surface area contributed by atoms with Crippen LogP contribution in [0.2, 0.25) is 0 Å². The molecule has 1 saturated heterocycles. The quantitative estimate of drug-likeness (QED) is 0.436. The standard InChI is InChI=1S/C30H36N4O3S/c35-30(31-26-14-8-3-9-15-26)32-27-16-18-28(19-17-27)38(36,37)34-22-20-33(21-23-34)29(24-10-4-1-5-11-24)25-12-6-2-7-13-25/h1-2,4-7,10-13,16-19,26,29H,3,8-9,14-15,20-23H2,(H2,31,32,35). The van der Waals surface area contributed by atoms with Gasteiger partial charge in [-0.25, -0.2) is 13.2 Å². The number of carbonyl (C=O) groups excluding carboxylic acids is 1. The molecule has 200 valence electrons. The molecule has 38 heavy (non-hydrogen) atoms. The molecule has 2 aliphatic rings. The van der Waals surface area contributed by atoms with Crippen molar-refractivity contribution in [3.05, 3.63) is 96.1 Å². The lowest BCUT2D eigenvalue weighted by molar-refractivity contribution is 0.156. The lowest BCUT2D eigenvalue weighted by Gasteiger charge is -2.39. The van der Waals surface area contributed by atoms with E-state index in [2.05, 4.69) is 39.8 Å². The van der Waals surface area contributed by atoms with E-state index in [-0.39, 0.29) is 23.0 Å². The molecule has 1 saturated carbocycles. The summed E-state index contributed by atoms with van der Waals surface area (Å²) in [6.07, 6.45) is 5.53. The van der Waals surface area contributed by atoms with Crippen LogP contribution in [0.25, 0.3) is 0 Å². The van der Waals surface area contributed by atoms with E-state index in [1.807, 2.05) is 36.4 Å². The first kappa shape index (κ1) is 26.4. The molecule has 1 heterocycles. The highest BCUT2D eigenvalue weighted by atomic mass is 32.2. The molecule has 3 aromatic rings. The van der Waals surface area contributed by atoms with Gasteiger partial charge in [-0.1, -0.05) is 79.9 Å². The van der Waals surface area contributed by atoms with Crippen LogP contribution in [0, 0.1) is 0 Å². The number of sulfonamides is 1. The van der Waals surface area contributed by atoms with E-state index in [1.165, 1.54) is 17.5 Å². The van der Waals surface area contributed by atoms with Gasteiger partial charge in [-0.05, 0) is 48.2 Å². The maximum atomic E-state index is 13.4. The zero-order valence-corrected chi connectivity index (χ0v) is 22.4. The van der Waals surface area contributed by atoms with Crippen molar-refractivity contribution in [2.75, 3.05) is 31.5 Å². The predicted molar refractivity (Wildman–Crippen MR) is 151 cm³/mol. The van der Waals surface area contributed by atoms with Gasteiger partial charge in [-0.3, -0.25) is 4.90 Å². The third kappa shape index (κ3) is 6.26. The highest BCUT2D eigenvalue weighted by molar-refractivity contribution is 7.89. The molecule has 0 unspecified atom stereocenters. The number of carbonyl (C=O) groups is 1. The SMILES string of the molecule is O=C(Nc1ccc(S(=O)(=O)N2CCN(C(c3ccccc3)c3ccccc3)CC2)cc1)NC1CCCCC1. The molecule has 2 N–H and O–H groups in total. The molecular formula is C30H36N4O3S. The molecule has 0 radical (unpaired) electrons. The molecule has 8 heteroatoms. The van der Waals surface area contributed by atoms with Crippen LogP contribution in [-0.2, 0) is 10.0 Å². The van der Waals surface area contributed by atoms with Crippen molar-refractivity contribution >= 4 is 21.7 Å². The smallest absolute Gasteiger partial charge is 0.319 e. The van der Waals surface area contributed by atoms with Crippen LogP contribution in [0.1, 0.15) is 49.3 Å². The highest BCUT2D eigenvalue weighted by Crippen LogP contribution is 2.30. The molecule has 0 spiro atoms. The summed E-state index contributed by atoms with van der Waals surface area (Å²) in [4.78, 5) is 14.9. The van der Waals surface area contributed by atoms with Crippen LogP contribution in [0.5, 0.6) is 0 Å². The van der Waals surface area contributed by atoms with Gasteiger partial charge < -0.3 is 10.6 Å². The number of benzene rings is 3. The number of piperazine rings is 1. The van der Waals surface area contributed by atoms with Crippen molar-refractivity contribution < 1.29 is 13.2 Å². The fraction of sp³-hybridized carbons (Fsp3) is 0.367. The maximum Gasteiger partial charge on any atom is 0.319 e. The van der Waals surface area contributed by atoms with Crippen molar-refractivity contribution in [1.82, 2.24) is 14.5 Å². The number of anilines is 1. The Hall–Kier alpha value is -3.20. The lowest BCUT2D eigenvalue weighted by atomic mass is 9.96. The van der Waals surface area contributed by atoms with Crippen molar-refractivity contribution in [1.29, 1.82) is 0 Å². The van der Waals surface area contributed by atoms with E-state index in [1.54, 1.807) is 28.6 Å². The molecule has 0 aromatic heterocycles. The van der Waals surface area contributed by atoms with Crippen LogP contribution in [0.4, 0.5) is 10.5 Å². The Kier molecular flexibility index (Phi) is 8.42. The Balaban J connectivity index is 1.21. The summed E-state index contributed by atoms with van der Waals surface area (Å²) in [6, 6.07) is 27.3.